The lowest BCUT2D eigenvalue weighted by Crippen LogP contribution is -2.55. The number of thiophene rings is 1. The summed E-state index contributed by atoms with van der Waals surface area (Å²) in [6.07, 6.45) is 1.82. The average molecular weight is 405 g/mol. The lowest BCUT2D eigenvalue weighted by Gasteiger charge is -2.42. The third kappa shape index (κ3) is 4.90. The van der Waals surface area contributed by atoms with Crippen molar-refractivity contribution in [2.24, 2.45) is 0 Å². The summed E-state index contributed by atoms with van der Waals surface area (Å²) in [5.41, 5.74) is 0. The third-order valence-electron chi connectivity index (χ3n) is 5.37. The predicted molar refractivity (Wildman–Crippen MR) is 106 cm³/mol. The topological polar surface area (TPSA) is 42.0 Å². The molecule has 2 saturated heterocycles. The van der Waals surface area contributed by atoms with Gasteiger partial charge in [0.2, 0.25) is 5.91 Å². The molecule has 1 amide bonds. The quantitative estimate of drug-likeness (QED) is 0.742. The van der Waals surface area contributed by atoms with E-state index < -0.39 is 0 Å². The summed E-state index contributed by atoms with van der Waals surface area (Å²) in [7, 11) is 0. The number of benzene rings is 1. The fourth-order valence-electron chi connectivity index (χ4n) is 3.83. The highest BCUT2D eigenvalue weighted by molar-refractivity contribution is 7.09. The Labute approximate surface area is 168 Å². The molecule has 1 aromatic carbocycles. The van der Waals surface area contributed by atoms with Gasteiger partial charge >= 0.3 is 0 Å². The van der Waals surface area contributed by atoms with Gasteiger partial charge < -0.3 is 14.4 Å². The Hall–Kier alpha value is -1.96. The molecule has 2 aromatic rings. The zero-order chi connectivity index (χ0) is 19.3. The Bertz CT molecular complexity index is 760. The van der Waals surface area contributed by atoms with Crippen molar-refractivity contribution in [2.75, 3.05) is 32.8 Å². The van der Waals surface area contributed by atoms with Gasteiger partial charge in [-0.25, -0.2) is 4.39 Å². The number of amides is 1. The van der Waals surface area contributed by atoms with E-state index in [2.05, 4.69) is 22.4 Å². The van der Waals surface area contributed by atoms with E-state index in [1.807, 2.05) is 4.90 Å². The number of nitrogens with zero attached hydrogens (tertiary/aromatic N) is 2. The SMILES string of the molecule is O=C1CO[C@H](COc2ccc(F)cc2)CN1C1CCN(Cc2cccs2)CC1. The van der Waals surface area contributed by atoms with E-state index in [0.717, 1.165) is 32.5 Å². The van der Waals surface area contributed by atoms with Crippen LogP contribution in [0.2, 0.25) is 0 Å². The highest BCUT2D eigenvalue weighted by Gasteiger charge is 2.33. The van der Waals surface area contributed by atoms with Crippen LogP contribution in [0.25, 0.3) is 0 Å². The molecule has 0 aliphatic carbocycles. The first-order valence-corrected chi connectivity index (χ1v) is 10.6. The fraction of sp³-hybridized carbons (Fsp3) is 0.476. The standard InChI is InChI=1S/C21H25FN2O3S/c22-16-3-5-18(6-4-16)26-14-19-12-24(21(25)15-27-19)17-7-9-23(10-8-17)13-20-2-1-11-28-20/h1-6,11,17,19H,7-10,12-15H2/t19-/m0/s1. The van der Waals surface area contributed by atoms with Crippen molar-refractivity contribution in [3.05, 3.63) is 52.5 Å². The van der Waals surface area contributed by atoms with Crippen LogP contribution in [0.15, 0.2) is 41.8 Å². The largest absolute Gasteiger partial charge is 0.491 e. The number of carbonyl (C=O) groups excluding carboxylic acids is 1. The van der Waals surface area contributed by atoms with Crippen molar-refractivity contribution < 1.29 is 18.7 Å². The molecule has 2 aliphatic heterocycles. The molecule has 2 aliphatic rings. The number of rotatable bonds is 6. The lowest BCUT2D eigenvalue weighted by atomic mass is 10.0. The molecule has 0 saturated carbocycles. The number of hydrogen-bond donors (Lipinski definition) is 0. The van der Waals surface area contributed by atoms with Crippen LogP contribution in [-0.2, 0) is 16.1 Å². The molecule has 2 fully saturated rings. The summed E-state index contributed by atoms with van der Waals surface area (Å²) in [4.78, 5) is 18.2. The maximum Gasteiger partial charge on any atom is 0.248 e. The van der Waals surface area contributed by atoms with Crippen molar-refractivity contribution in [2.45, 2.75) is 31.5 Å². The first kappa shape index (κ1) is 19.4. The smallest absolute Gasteiger partial charge is 0.248 e. The van der Waals surface area contributed by atoms with E-state index >= 15 is 0 Å². The van der Waals surface area contributed by atoms with Gasteiger partial charge in [0.05, 0.1) is 6.54 Å². The van der Waals surface area contributed by atoms with E-state index in [0.29, 0.717) is 18.9 Å². The number of likely N-dealkylation sites (tertiary alicyclic amines) is 1. The summed E-state index contributed by atoms with van der Waals surface area (Å²) >= 11 is 1.79. The molecule has 7 heteroatoms. The van der Waals surface area contributed by atoms with Gasteiger partial charge in [0, 0.05) is 30.6 Å². The number of ether oxygens (including phenoxy) is 2. The molecule has 150 valence electrons. The van der Waals surface area contributed by atoms with Crippen molar-refractivity contribution >= 4 is 17.2 Å². The van der Waals surface area contributed by atoms with Crippen LogP contribution in [0.4, 0.5) is 4.39 Å². The molecular weight excluding hydrogens is 379 g/mol. The van der Waals surface area contributed by atoms with Crippen LogP contribution in [-0.4, -0.2) is 60.7 Å². The van der Waals surface area contributed by atoms with Crippen molar-refractivity contribution in [3.63, 3.8) is 0 Å². The maximum atomic E-state index is 13.0. The van der Waals surface area contributed by atoms with Gasteiger partial charge in [-0.3, -0.25) is 9.69 Å². The van der Waals surface area contributed by atoms with Gasteiger partial charge in [0.25, 0.3) is 0 Å². The molecule has 0 bridgehead atoms. The highest BCUT2D eigenvalue weighted by atomic mass is 32.1. The summed E-state index contributed by atoms with van der Waals surface area (Å²) in [5.74, 6) is 0.383. The molecular formula is C21H25FN2O3S. The molecule has 0 spiro atoms. The van der Waals surface area contributed by atoms with Gasteiger partial charge in [-0.2, -0.15) is 0 Å². The van der Waals surface area contributed by atoms with Crippen LogP contribution in [0, 0.1) is 5.82 Å². The van der Waals surface area contributed by atoms with Gasteiger partial charge in [0.15, 0.2) is 0 Å². The van der Waals surface area contributed by atoms with Crippen molar-refractivity contribution in [1.29, 1.82) is 0 Å². The molecule has 4 rings (SSSR count). The van der Waals surface area contributed by atoms with Gasteiger partial charge in [0.1, 0.15) is 30.9 Å². The minimum atomic E-state index is -0.288. The third-order valence-corrected chi connectivity index (χ3v) is 6.23. The second kappa shape index (κ2) is 9.03. The normalized spacial score (nSPS) is 21.8. The minimum Gasteiger partial charge on any atom is -0.491 e. The van der Waals surface area contributed by atoms with Crippen LogP contribution >= 0.6 is 11.3 Å². The Morgan fingerprint density at radius 3 is 2.68 bits per heavy atom. The van der Waals surface area contributed by atoms with E-state index in [9.17, 15) is 9.18 Å². The molecule has 0 N–H and O–H groups in total. The highest BCUT2D eigenvalue weighted by Crippen LogP contribution is 2.23. The number of carbonyl (C=O) groups is 1. The fourth-order valence-corrected chi connectivity index (χ4v) is 4.58. The summed E-state index contributed by atoms with van der Waals surface area (Å²) < 4.78 is 24.3. The lowest BCUT2D eigenvalue weighted by molar-refractivity contribution is -0.155. The first-order valence-electron chi connectivity index (χ1n) is 9.71. The Morgan fingerprint density at radius 2 is 1.96 bits per heavy atom. The predicted octanol–water partition coefficient (Wildman–Crippen LogP) is 3.16. The number of halogens is 1. The van der Waals surface area contributed by atoms with Gasteiger partial charge in [-0.1, -0.05) is 6.07 Å². The summed E-state index contributed by atoms with van der Waals surface area (Å²) in [6.45, 7) is 4.01. The van der Waals surface area contributed by atoms with Crippen molar-refractivity contribution in [3.8, 4) is 5.75 Å². The number of morpholine rings is 1. The summed E-state index contributed by atoms with van der Waals surface area (Å²) in [5, 5.41) is 2.11. The second-order valence-corrected chi connectivity index (χ2v) is 8.36. The van der Waals surface area contributed by atoms with Crippen LogP contribution < -0.4 is 4.74 Å². The van der Waals surface area contributed by atoms with Gasteiger partial charge in [-0.05, 0) is 48.6 Å². The maximum absolute atomic E-state index is 13.0. The molecule has 0 unspecified atom stereocenters. The molecule has 5 nitrogen and oxygen atoms in total. The number of hydrogen-bond acceptors (Lipinski definition) is 5. The Balaban J connectivity index is 1.26. The number of piperidine rings is 1. The monoisotopic (exact) mass is 404 g/mol. The van der Waals surface area contributed by atoms with E-state index in [1.54, 1.807) is 23.5 Å². The zero-order valence-corrected chi connectivity index (χ0v) is 16.6. The first-order chi connectivity index (χ1) is 13.7. The Kier molecular flexibility index (Phi) is 6.24. The minimum absolute atomic E-state index is 0.0646. The van der Waals surface area contributed by atoms with Crippen LogP contribution in [0.1, 0.15) is 17.7 Å². The molecule has 0 radical (unpaired) electrons. The molecule has 28 heavy (non-hydrogen) atoms. The van der Waals surface area contributed by atoms with Crippen LogP contribution in [0.5, 0.6) is 5.75 Å². The van der Waals surface area contributed by atoms with Crippen LogP contribution in [0.3, 0.4) is 0 Å². The second-order valence-electron chi connectivity index (χ2n) is 7.33. The van der Waals surface area contributed by atoms with Gasteiger partial charge in [-0.15, -0.1) is 11.3 Å². The average Bonchev–Trinajstić information content (AvgIpc) is 3.22. The molecule has 1 atom stereocenters. The van der Waals surface area contributed by atoms with E-state index in [1.165, 1.54) is 17.0 Å². The van der Waals surface area contributed by atoms with Crippen molar-refractivity contribution in [1.82, 2.24) is 9.80 Å². The Morgan fingerprint density at radius 1 is 1.18 bits per heavy atom. The summed E-state index contributed by atoms with van der Waals surface area (Å²) in [6, 6.07) is 10.5. The van der Waals surface area contributed by atoms with E-state index in [4.69, 9.17) is 9.47 Å². The zero-order valence-electron chi connectivity index (χ0n) is 15.8. The van der Waals surface area contributed by atoms with E-state index in [-0.39, 0.29) is 30.5 Å². The molecule has 1 aromatic heterocycles. The molecule has 3 heterocycles.